The summed E-state index contributed by atoms with van der Waals surface area (Å²) in [6.07, 6.45) is -3.00. The molecule has 1 atom stereocenters. The van der Waals surface area contributed by atoms with Gasteiger partial charge in [-0.15, -0.1) is 16.8 Å². The van der Waals surface area contributed by atoms with Crippen molar-refractivity contribution in [2.24, 2.45) is 0 Å². The fraction of sp³-hybridized carbons (Fsp3) is 0.273. The summed E-state index contributed by atoms with van der Waals surface area (Å²) in [5, 5.41) is 9.08. The molecular formula is C22H22F3N3OS. The van der Waals surface area contributed by atoms with E-state index in [-0.39, 0.29) is 6.10 Å². The van der Waals surface area contributed by atoms with E-state index < -0.39 is 11.7 Å². The molecule has 158 valence electrons. The molecule has 1 heterocycles. The summed E-state index contributed by atoms with van der Waals surface area (Å²) in [5.41, 5.74) is 1.04. The lowest BCUT2D eigenvalue weighted by Crippen LogP contribution is -2.12. The van der Waals surface area contributed by atoms with Crippen LogP contribution in [-0.4, -0.2) is 14.8 Å². The first-order valence-electron chi connectivity index (χ1n) is 9.34. The van der Waals surface area contributed by atoms with Crippen molar-refractivity contribution in [2.75, 3.05) is 0 Å². The first-order chi connectivity index (χ1) is 14.3. The number of alkyl halides is 3. The Labute approximate surface area is 177 Å². The Morgan fingerprint density at radius 1 is 1.17 bits per heavy atom. The van der Waals surface area contributed by atoms with Gasteiger partial charge in [-0.25, -0.2) is 0 Å². The van der Waals surface area contributed by atoms with Crippen LogP contribution >= 0.6 is 11.8 Å². The van der Waals surface area contributed by atoms with E-state index in [9.17, 15) is 13.2 Å². The van der Waals surface area contributed by atoms with E-state index in [1.54, 1.807) is 12.1 Å². The van der Waals surface area contributed by atoms with Crippen LogP contribution in [0.25, 0.3) is 0 Å². The van der Waals surface area contributed by atoms with Gasteiger partial charge in [0.1, 0.15) is 5.75 Å². The molecule has 0 radical (unpaired) electrons. The maximum Gasteiger partial charge on any atom is 0.416 e. The highest BCUT2D eigenvalue weighted by molar-refractivity contribution is 7.98. The fourth-order valence-electron chi connectivity index (χ4n) is 2.87. The zero-order valence-corrected chi connectivity index (χ0v) is 17.5. The second kappa shape index (κ2) is 9.38. The van der Waals surface area contributed by atoms with Gasteiger partial charge in [0.05, 0.1) is 5.56 Å². The number of benzene rings is 2. The number of thioether (sulfide) groups is 1. The third-order valence-corrected chi connectivity index (χ3v) is 5.41. The Morgan fingerprint density at radius 2 is 1.90 bits per heavy atom. The van der Waals surface area contributed by atoms with Crippen LogP contribution in [0, 0.1) is 6.92 Å². The van der Waals surface area contributed by atoms with Gasteiger partial charge in [-0.05, 0) is 37.6 Å². The quantitative estimate of drug-likeness (QED) is 0.312. The van der Waals surface area contributed by atoms with Crippen LogP contribution in [0.2, 0.25) is 0 Å². The molecule has 1 unspecified atom stereocenters. The maximum atomic E-state index is 12.9. The standard InChI is InChI=1S/C22H22F3N3OS/c1-4-12-28-20(16(3)29-19-10-8-15(2)9-11-19)26-27-21(28)30-14-17-6-5-7-18(13-17)22(23,24)25/h4-11,13,16H,1,12,14H2,2-3H3. The van der Waals surface area contributed by atoms with Crippen LogP contribution in [0.4, 0.5) is 13.2 Å². The Bertz CT molecular complexity index is 1000. The molecular weight excluding hydrogens is 411 g/mol. The first-order valence-corrected chi connectivity index (χ1v) is 10.3. The zero-order valence-electron chi connectivity index (χ0n) is 16.7. The van der Waals surface area contributed by atoms with Crippen LogP contribution < -0.4 is 4.74 Å². The molecule has 0 N–H and O–H groups in total. The number of allylic oxidation sites excluding steroid dienone is 1. The monoisotopic (exact) mass is 433 g/mol. The number of aromatic nitrogens is 3. The molecule has 4 nitrogen and oxygen atoms in total. The molecule has 0 fully saturated rings. The highest BCUT2D eigenvalue weighted by Gasteiger charge is 2.30. The highest BCUT2D eigenvalue weighted by atomic mass is 32.2. The lowest BCUT2D eigenvalue weighted by molar-refractivity contribution is -0.137. The van der Waals surface area contributed by atoms with Gasteiger partial charge in [0.2, 0.25) is 0 Å². The minimum absolute atomic E-state index is 0.340. The van der Waals surface area contributed by atoms with E-state index in [1.807, 2.05) is 42.7 Å². The average molecular weight is 433 g/mol. The summed E-state index contributed by atoms with van der Waals surface area (Å²) in [6.45, 7) is 8.12. The van der Waals surface area contributed by atoms with Crippen molar-refractivity contribution in [3.63, 3.8) is 0 Å². The van der Waals surface area contributed by atoms with Crippen LogP contribution in [0.3, 0.4) is 0 Å². The Kier molecular flexibility index (Phi) is 6.87. The van der Waals surface area contributed by atoms with Crippen LogP contribution in [0.1, 0.15) is 35.5 Å². The summed E-state index contributed by atoms with van der Waals surface area (Å²) in [4.78, 5) is 0. The number of ether oxygens (including phenoxy) is 1. The van der Waals surface area contributed by atoms with Gasteiger partial charge >= 0.3 is 6.18 Å². The maximum absolute atomic E-state index is 12.9. The zero-order chi connectivity index (χ0) is 21.7. The SMILES string of the molecule is C=CCn1c(SCc2cccc(C(F)(F)F)c2)nnc1C(C)Oc1ccc(C)cc1. The van der Waals surface area contributed by atoms with E-state index in [1.165, 1.54) is 17.8 Å². The van der Waals surface area contributed by atoms with Crippen molar-refractivity contribution in [1.82, 2.24) is 14.8 Å². The van der Waals surface area contributed by atoms with Crippen molar-refractivity contribution < 1.29 is 17.9 Å². The van der Waals surface area contributed by atoms with Crippen LogP contribution in [-0.2, 0) is 18.5 Å². The van der Waals surface area contributed by atoms with Gasteiger partial charge < -0.3 is 4.74 Å². The van der Waals surface area contributed by atoms with E-state index in [0.29, 0.717) is 28.8 Å². The molecule has 0 aliphatic rings. The Hall–Kier alpha value is -2.74. The average Bonchev–Trinajstić information content (AvgIpc) is 3.11. The molecule has 8 heteroatoms. The summed E-state index contributed by atoms with van der Waals surface area (Å²) in [6, 6.07) is 13.0. The van der Waals surface area contributed by atoms with Gasteiger partial charge in [-0.3, -0.25) is 4.57 Å². The molecule has 2 aromatic carbocycles. The van der Waals surface area contributed by atoms with Gasteiger partial charge in [0.25, 0.3) is 0 Å². The summed E-state index contributed by atoms with van der Waals surface area (Å²) < 4.78 is 46.6. The molecule has 0 aliphatic heterocycles. The number of halogens is 3. The second-order valence-corrected chi connectivity index (χ2v) is 7.74. The normalized spacial score (nSPS) is 12.6. The van der Waals surface area contributed by atoms with Gasteiger partial charge in [-0.1, -0.05) is 53.7 Å². The number of nitrogens with zero attached hydrogens (tertiary/aromatic N) is 3. The molecule has 3 rings (SSSR count). The molecule has 0 saturated heterocycles. The molecule has 0 saturated carbocycles. The highest BCUT2D eigenvalue weighted by Crippen LogP contribution is 2.31. The molecule has 0 amide bonds. The molecule has 30 heavy (non-hydrogen) atoms. The molecule has 0 spiro atoms. The summed E-state index contributed by atoms with van der Waals surface area (Å²) >= 11 is 1.32. The molecule has 1 aromatic heterocycles. The smallest absolute Gasteiger partial charge is 0.416 e. The molecule has 3 aromatic rings. The number of hydrogen-bond donors (Lipinski definition) is 0. The van der Waals surface area contributed by atoms with Crippen LogP contribution in [0.15, 0.2) is 66.3 Å². The van der Waals surface area contributed by atoms with E-state index >= 15 is 0 Å². The van der Waals surface area contributed by atoms with Crippen molar-refractivity contribution in [2.45, 2.75) is 43.6 Å². The summed E-state index contributed by atoms with van der Waals surface area (Å²) in [7, 11) is 0. The van der Waals surface area contributed by atoms with Gasteiger partial charge in [-0.2, -0.15) is 13.2 Å². The number of rotatable bonds is 8. The predicted molar refractivity (Wildman–Crippen MR) is 111 cm³/mol. The van der Waals surface area contributed by atoms with Crippen molar-refractivity contribution in [3.05, 3.63) is 83.7 Å². The van der Waals surface area contributed by atoms with Crippen molar-refractivity contribution in [1.29, 1.82) is 0 Å². The lowest BCUT2D eigenvalue weighted by Gasteiger charge is -2.16. The predicted octanol–water partition coefficient (Wildman–Crippen LogP) is 6.22. The van der Waals surface area contributed by atoms with E-state index in [4.69, 9.17) is 4.74 Å². The van der Waals surface area contributed by atoms with E-state index in [2.05, 4.69) is 16.8 Å². The number of aryl methyl sites for hydroxylation is 1. The summed E-state index contributed by atoms with van der Waals surface area (Å²) in [5.74, 6) is 1.69. The van der Waals surface area contributed by atoms with Gasteiger partial charge in [0, 0.05) is 12.3 Å². The third-order valence-electron chi connectivity index (χ3n) is 4.38. The second-order valence-electron chi connectivity index (χ2n) is 6.80. The Morgan fingerprint density at radius 3 is 2.57 bits per heavy atom. The topological polar surface area (TPSA) is 39.9 Å². The minimum Gasteiger partial charge on any atom is -0.483 e. The van der Waals surface area contributed by atoms with Gasteiger partial charge in [0.15, 0.2) is 17.1 Å². The molecule has 0 aliphatic carbocycles. The minimum atomic E-state index is -4.36. The Balaban J connectivity index is 1.75. The fourth-order valence-corrected chi connectivity index (χ4v) is 3.77. The van der Waals surface area contributed by atoms with E-state index in [0.717, 1.165) is 23.4 Å². The number of hydrogen-bond acceptors (Lipinski definition) is 4. The van der Waals surface area contributed by atoms with Crippen LogP contribution in [0.5, 0.6) is 5.75 Å². The first kappa shape index (κ1) is 22.0. The molecule has 0 bridgehead atoms. The largest absolute Gasteiger partial charge is 0.483 e. The third kappa shape index (κ3) is 5.44. The lowest BCUT2D eigenvalue weighted by atomic mass is 10.1. The van der Waals surface area contributed by atoms with Crippen molar-refractivity contribution in [3.8, 4) is 5.75 Å². The van der Waals surface area contributed by atoms with Crippen molar-refractivity contribution >= 4 is 11.8 Å².